The van der Waals surface area contributed by atoms with Gasteiger partial charge in [0, 0.05) is 12.8 Å². The summed E-state index contributed by atoms with van der Waals surface area (Å²) < 4.78 is 15.6. The maximum absolute atomic E-state index is 11.8. The van der Waals surface area contributed by atoms with Gasteiger partial charge in [-0.15, -0.1) is 0 Å². The van der Waals surface area contributed by atoms with Crippen molar-refractivity contribution in [2.75, 3.05) is 6.61 Å². The first-order chi connectivity index (χ1) is 10.0. The zero-order valence-electron chi connectivity index (χ0n) is 12.8. The van der Waals surface area contributed by atoms with Gasteiger partial charge in [0.2, 0.25) is 0 Å². The predicted octanol–water partition coefficient (Wildman–Crippen LogP) is 3.11. The van der Waals surface area contributed by atoms with Gasteiger partial charge in [-0.1, -0.05) is 12.1 Å². The van der Waals surface area contributed by atoms with E-state index >= 15 is 0 Å². The Hall–Kier alpha value is -2.04. The Morgan fingerprint density at radius 3 is 2.29 bits per heavy atom. The van der Waals surface area contributed by atoms with Gasteiger partial charge in [0.15, 0.2) is 11.5 Å². The molecule has 0 aliphatic carbocycles. The lowest BCUT2D eigenvalue weighted by Gasteiger charge is -2.13. The Kier molecular flexibility index (Phi) is 7.29. The minimum atomic E-state index is -0.390. The average Bonchev–Trinajstić information content (AvgIpc) is 2.40. The fraction of sp³-hybridized carbons (Fsp3) is 0.500. The van der Waals surface area contributed by atoms with Gasteiger partial charge in [0.25, 0.3) is 0 Å². The van der Waals surface area contributed by atoms with Crippen molar-refractivity contribution in [3.05, 3.63) is 24.3 Å². The molecule has 0 saturated carbocycles. The molecule has 0 spiro atoms. The van der Waals surface area contributed by atoms with E-state index in [2.05, 4.69) is 0 Å². The van der Waals surface area contributed by atoms with Crippen LogP contribution in [0.5, 0.6) is 11.5 Å². The molecule has 1 aromatic rings. The third kappa shape index (κ3) is 6.79. The molecule has 1 aromatic carbocycles. The molecule has 0 N–H and O–H groups in total. The molecule has 5 nitrogen and oxygen atoms in total. The van der Waals surface area contributed by atoms with Crippen LogP contribution in [0.4, 0.5) is 0 Å². The van der Waals surface area contributed by atoms with Crippen LogP contribution in [0.3, 0.4) is 0 Å². The quantitative estimate of drug-likeness (QED) is 0.544. The molecule has 0 unspecified atom stereocenters. The molecular formula is C16H22O5. The Morgan fingerprint density at radius 1 is 1.05 bits per heavy atom. The first kappa shape index (κ1) is 17.0. The summed E-state index contributed by atoms with van der Waals surface area (Å²) in [5, 5.41) is 0. The van der Waals surface area contributed by atoms with E-state index in [-0.39, 0.29) is 30.9 Å². The molecule has 0 bridgehead atoms. The number of carbonyl (C=O) groups excluding carboxylic acids is 2. The summed E-state index contributed by atoms with van der Waals surface area (Å²) in [6.07, 6.45) is 0.779. The molecule has 0 aromatic heterocycles. The van der Waals surface area contributed by atoms with E-state index in [1.165, 1.54) is 0 Å². The Balaban J connectivity index is 2.46. The van der Waals surface area contributed by atoms with Gasteiger partial charge in [-0.2, -0.15) is 0 Å². The molecular weight excluding hydrogens is 272 g/mol. The van der Waals surface area contributed by atoms with E-state index in [1.54, 1.807) is 25.1 Å². The molecule has 0 atom stereocenters. The van der Waals surface area contributed by atoms with E-state index in [9.17, 15) is 9.59 Å². The fourth-order valence-electron chi connectivity index (χ4n) is 1.67. The molecule has 0 aliphatic heterocycles. The largest absolute Gasteiger partial charge is 0.487 e. The van der Waals surface area contributed by atoms with Gasteiger partial charge in [0.1, 0.15) is 0 Å². The van der Waals surface area contributed by atoms with Crippen molar-refractivity contribution in [2.24, 2.45) is 0 Å². The van der Waals surface area contributed by atoms with E-state index in [1.807, 2.05) is 19.9 Å². The average molecular weight is 294 g/mol. The van der Waals surface area contributed by atoms with E-state index in [0.29, 0.717) is 24.5 Å². The highest BCUT2D eigenvalue weighted by Crippen LogP contribution is 2.27. The van der Waals surface area contributed by atoms with Crippen LogP contribution < -0.4 is 9.47 Å². The SMILES string of the molecule is CCOC(=O)CCCC(=O)Oc1ccccc1OC(C)C. The van der Waals surface area contributed by atoms with Crippen LogP contribution in [0.25, 0.3) is 0 Å². The highest BCUT2D eigenvalue weighted by atomic mass is 16.6. The summed E-state index contributed by atoms with van der Waals surface area (Å²) >= 11 is 0. The first-order valence-electron chi connectivity index (χ1n) is 7.15. The van der Waals surface area contributed by atoms with E-state index < -0.39 is 0 Å². The summed E-state index contributed by atoms with van der Waals surface area (Å²) in [6.45, 7) is 5.90. The second kappa shape index (κ2) is 9.00. The van der Waals surface area contributed by atoms with Gasteiger partial charge in [-0.05, 0) is 39.3 Å². The number of benzene rings is 1. The second-order valence-electron chi connectivity index (χ2n) is 4.75. The lowest BCUT2D eigenvalue weighted by atomic mass is 10.2. The zero-order chi connectivity index (χ0) is 15.7. The molecule has 5 heteroatoms. The number of para-hydroxylation sites is 2. The zero-order valence-corrected chi connectivity index (χ0v) is 12.8. The highest BCUT2D eigenvalue weighted by molar-refractivity contribution is 5.74. The lowest BCUT2D eigenvalue weighted by Crippen LogP contribution is -2.12. The smallest absolute Gasteiger partial charge is 0.311 e. The van der Waals surface area contributed by atoms with Gasteiger partial charge in [0.05, 0.1) is 12.7 Å². The highest BCUT2D eigenvalue weighted by Gasteiger charge is 2.12. The van der Waals surface area contributed by atoms with Crippen molar-refractivity contribution in [3.63, 3.8) is 0 Å². The molecule has 0 fully saturated rings. The van der Waals surface area contributed by atoms with Crippen LogP contribution in [0, 0.1) is 0 Å². The van der Waals surface area contributed by atoms with Crippen molar-refractivity contribution in [1.82, 2.24) is 0 Å². The third-order valence-corrected chi connectivity index (χ3v) is 2.50. The van der Waals surface area contributed by atoms with Crippen molar-refractivity contribution in [1.29, 1.82) is 0 Å². The summed E-state index contributed by atoms with van der Waals surface area (Å²) in [5.74, 6) is 0.242. The lowest BCUT2D eigenvalue weighted by molar-refractivity contribution is -0.143. The maximum atomic E-state index is 11.8. The predicted molar refractivity (Wildman–Crippen MR) is 78.3 cm³/mol. The number of ether oxygens (including phenoxy) is 3. The van der Waals surface area contributed by atoms with Crippen molar-refractivity contribution < 1.29 is 23.8 Å². The monoisotopic (exact) mass is 294 g/mol. The molecule has 116 valence electrons. The summed E-state index contributed by atoms with van der Waals surface area (Å²) in [7, 11) is 0. The van der Waals surface area contributed by atoms with Gasteiger partial charge >= 0.3 is 11.9 Å². The van der Waals surface area contributed by atoms with E-state index in [4.69, 9.17) is 14.2 Å². The van der Waals surface area contributed by atoms with Crippen LogP contribution in [0.15, 0.2) is 24.3 Å². The molecule has 0 heterocycles. The maximum Gasteiger partial charge on any atom is 0.311 e. The van der Waals surface area contributed by atoms with Crippen LogP contribution in [-0.4, -0.2) is 24.6 Å². The van der Waals surface area contributed by atoms with Gasteiger partial charge < -0.3 is 14.2 Å². The van der Waals surface area contributed by atoms with Crippen molar-refractivity contribution in [2.45, 2.75) is 46.1 Å². The number of hydrogen-bond acceptors (Lipinski definition) is 5. The molecule has 0 aliphatic rings. The second-order valence-corrected chi connectivity index (χ2v) is 4.75. The number of esters is 2. The summed E-state index contributed by atoms with van der Waals surface area (Å²) in [6, 6.07) is 7.02. The molecule has 0 saturated heterocycles. The standard InChI is InChI=1S/C16H22O5/c1-4-19-15(17)10-7-11-16(18)21-14-9-6-5-8-13(14)20-12(2)3/h5-6,8-9,12H,4,7,10-11H2,1-3H3. The molecule has 21 heavy (non-hydrogen) atoms. The van der Waals surface area contributed by atoms with Gasteiger partial charge in [-0.3, -0.25) is 9.59 Å². The van der Waals surface area contributed by atoms with Crippen molar-refractivity contribution >= 4 is 11.9 Å². The number of hydrogen-bond donors (Lipinski definition) is 0. The third-order valence-electron chi connectivity index (χ3n) is 2.50. The topological polar surface area (TPSA) is 61.8 Å². The van der Waals surface area contributed by atoms with Crippen LogP contribution in [-0.2, 0) is 14.3 Å². The molecule has 1 rings (SSSR count). The summed E-state index contributed by atoms with van der Waals surface area (Å²) in [5.41, 5.74) is 0. The number of carbonyl (C=O) groups is 2. The van der Waals surface area contributed by atoms with Crippen LogP contribution >= 0.6 is 0 Å². The Labute approximate surface area is 125 Å². The van der Waals surface area contributed by atoms with Crippen LogP contribution in [0.2, 0.25) is 0 Å². The minimum absolute atomic E-state index is 0.00586. The summed E-state index contributed by atoms with van der Waals surface area (Å²) in [4.78, 5) is 22.9. The van der Waals surface area contributed by atoms with Crippen LogP contribution in [0.1, 0.15) is 40.0 Å². The number of rotatable bonds is 8. The van der Waals surface area contributed by atoms with Crippen molar-refractivity contribution in [3.8, 4) is 11.5 Å². The first-order valence-corrected chi connectivity index (χ1v) is 7.15. The normalized spacial score (nSPS) is 10.3. The minimum Gasteiger partial charge on any atom is -0.487 e. The van der Waals surface area contributed by atoms with Gasteiger partial charge in [-0.25, -0.2) is 0 Å². The Morgan fingerprint density at radius 2 is 1.67 bits per heavy atom. The Bertz CT molecular complexity index is 467. The molecule has 0 radical (unpaired) electrons. The van der Waals surface area contributed by atoms with E-state index in [0.717, 1.165) is 0 Å². The fourth-order valence-corrected chi connectivity index (χ4v) is 1.67. The molecule has 0 amide bonds.